The predicted molar refractivity (Wildman–Crippen MR) is 69.7 cm³/mol. The van der Waals surface area contributed by atoms with Gasteiger partial charge in [-0.2, -0.15) is 13.2 Å². The van der Waals surface area contributed by atoms with E-state index >= 15 is 0 Å². The molecule has 0 radical (unpaired) electrons. The van der Waals surface area contributed by atoms with Crippen LogP contribution in [0.5, 0.6) is 0 Å². The molecule has 2 rings (SSSR count). The van der Waals surface area contributed by atoms with Crippen LogP contribution in [0.25, 0.3) is 11.3 Å². The number of benzene rings is 1. The van der Waals surface area contributed by atoms with Crippen molar-refractivity contribution in [2.24, 2.45) is 0 Å². The molecular weight excluding hydrogens is 340 g/mol. The van der Waals surface area contributed by atoms with E-state index in [9.17, 15) is 17.6 Å². The number of alkyl halides is 3. The first kappa shape index (κ1) is 15.4. The third-order valence-electron chi connectivity index (χ3n) is 2.47. The Morgan fingerprint density at radius 3 is 2.20 bits per heavy atom. The summed E-state index contributed by atoms with van der Waals surface area (Å²) in [6.45, 7) is 0. The summed E-state index contributed by atoms with van der Waals surface area (Å²) >= 11 is 17.5. The van der Waals surface area contributed by atoms with E-state index in [1.165, 1.54) is 12.1 Å². The number of nitrogens with zero attached hydrogens (tertiary/aromatic N) is 1. The highest BCUT2D eigenvalue weighted by atomic mass is 35.5. The molecule has 1 heterocycles. The van der Waals surface area contributed by atoms with Crippen LogP contribution in [-0.4, -0.2) is 4.98 Å². The van der Waals surface area contributed by atoms with Gasteiger partial charge >= 0.3 is 6.18 Å². The molecule has 0 amide bonds. The minimum atomic E-state index is -4.81. The van der Waals surface area contributed by atoms with Gasteiger partial charge in [0.1, 0.15) is 11.4 Å². The highest BCUT2D eigenvalue weighted by Crippen LogP contribution is 2.38. The van der Waals surface area contributed by atoms with Gasteiger partial charge in [0.15, 0.2) is 0 Å². The summed E-state index contributed by atoms with van der Waals surface area (Å²) in [5.41, 5.74) is -1.33. The second-order valence-electron chi connectivity index (χ2n) is 3.77. The lowest BCUT2D eigenvalue weighted by molar-refractivity contribution is -0.140. The van der Waals surface area contributed by atoms with E-state index in [-0.39, 0.29) is 26.3 Å². The summed E-state index contributed by atoms with van der Waals surface area (Å²) in [6, 6.07) is 3.43. The average molecular weight is 345 g/mol. The van der Waals surface area contributed by atoms with Crippen molar-refractivity contribution >= 4 is 34.8 Å². The van der Waals surface area contributed by atoms with E-state index in [4.69, 9.17) is 34.8 Å². The standard InChI is InChI=1S/C12H4Cl3F4N/c13-7-2-1-5(10(14)11(7)15)9-3-8(16)6(4-20-9)12(17,18)19/h1-4H. The van der Waals surface area contributed by atoms with E-state index in [1.807, 2.05) is 0 Å². The van der Waals surface area contributed by atoms with Crippen molar-refractivity contribution in [1.29, 1.82) is 0 Å². The van der Waals surface area contributed by atoms with E-state index in [0.717, 1.165) is 0 Å². The zero-order chi connectivity index (χ0) is 15.1. The number of pyridine rings is 1. The normalized spacial score (nSPS) is 11.8. The van der Waals surface area contributed by atoms with Crippen LogP contribution in [0, 0.1) is 5.82 Å². The summed E-state index contributed by atoms with van der Waals surface area (Å²) in [4.78, 5) is 3.56. The third-order valence-corrected chi connectivity index (χ3v) is 3.76. The smallest absolute Gasteiger partial charge is 0.255 e. The molecule has 0 saturated carbocycles. The van der Waals surface area contributed by atoms with Gasteiger partial charge in [0.2, 0.25) is 0 Å². The Balaban J connectivity index is 2.56. The Morgan fingerprint density at radius 2 is 1.65 bits per heavy atom. The van der Waals surface area contributed by atoms with Gasteiger partial charge in [-0.15, -0.1) is 0 Å². The first-order chi connectivity index (χ1) is 9.21. The largest absolute Gasteiger partial charge is 0.420 e. The minimum Gasteiger partial charge on any atom is -0.255 e. The highest BCUT2D eigenvalue weighted by molar-refractivity contribution is 6.49. The molecule has 1 aromatic heterocycles. The van der Waals surface area contributed by atoms with Crippen molar-refractivity contribution < 1.29 is 17.6 Å². The SMILES string of the molecule is Fc1cc(-c2ccc(Cl)c(Cl)c2Cl)ncc1C(F)(F)F. The zero-order valence-electron chi connectivity index (χ0n) is 9.40. The minimum absolute atomic E-state index is 0.00850. The molecule has 8 heteroatoms. The van der Waals surface area contributed by atoms with Crippen LogP contribution >= 0.6 is 34.8 Å². The molecule has 0 aliphatic heterocycles. The van der Waals surface area contributed by atoms with Gasteiger partial charge in [0, 0.05) is 17.8 Å². The fourth-order valence-electron chi connectivity index (χ4n) is 1.51. The molecule has 0 aliphatic carbocycles. The van der Waals surface area contributed by atoms with Gasteiger partial charge in [-0.05, 0) is 12.1 Å². The molecule has 0 atom stereocenters. The van der Waals surface area contributed by atoms with Crippen LogP contribution in [0.4, 0.5) is 17.6 Å². The Hall–Kier alpha value is -1.04. The number of hydrogen-bond acceptors (Lipinski definition) is 1. The van der Waals surface area contributed by atoms with Crippen LogP contribution in [0.15, 0.2) is 24.4 Å². The molecule has 106 valence electrons. The summed E-state index contributed by atoms with van der Waals surface area (Å²) in [7, 11) is 0. The maximum absolute atomic E-state index is 13.5. The van der Waals surface area contributed by atoms with Crippen LogP contribution in [0.3, 0.4) is 0 Å². The monoisotopic (exact) mass is 343 g/mol. The number of aromatic nitrogens is 1. The molecule has 0 spiro atoms. The molecule has 0 bridgehead atoms. The zero-order valence-corrected chi connectivity index (χ0v) is 11.7. The van der Waals surface area contributed by atoms with Crippen molar-refractivity contribution in [2.75, 3.05) is 0 Å². The van der Waals surface area contributed by atoms with Crippen molar-refractivity contribution in [2.45, 2.75) is 6.18 Å². The molecule has 0 aliphatic rings. The van der Waals surface area contributed by atoms with Gasteiger partial charge < -0.3 is 0 Å². The topological polar surface area (TPSA) is 12.9 Å². The molecule has 0 unspecified atom stereocenters. The van der Waals surface area contributed by atoms with E-state index in [2.05, 4.69) is 4.98 Å². The fraction of sp³-hybridized carbons (Fsp3) is 0.0833. The molecular formula is C12H4Cl3F4N. The Bertz CT molecular complexity index is 670. The van der Waals surface area contributed by atoms with Crippen molar-refractivity contribution in [1.82, 2.24) is 4.98 Å². The Labute approximate surface area is 126 Å². The highest BCUT2D eigenvalue weighted by Gasteiger charge is 2.34. The number of rotatable bonds is 1. The summed E-state index contributed by atoms with van der Waals surface area (Å²) < 4.78 is 50.8. The molecule has 2 aromatic rings. The molecule has 1 nitrogen and oxygen atoms in total. The second kappa shape index (κ2) is 5.39. The van der Waals surface area contributed by atoms with Crippen LogP contribution in [-0.2, 0) is 6.18 Å². The van der Waals surface area contributed by atoms with Gasteiger partial charge in [-0.25, -0.2) is 4.39 Å². The quantitative estimate of drug-likeness (QED) is 0.466. The summed E-state index contributed by atoms with van der Waals surface area (Å²) in [5.74, 6) is -1.44. The molecule has 1 aromatic carbocycles. The lowest BCUT2D eigenvalue weighted by Gasteiger charge is -2.10. The summed E-state index contributed by atoms with van der Waals surface area (Å²) in [6.07, 6.45) is -4.40. The first-order valence-corrected chi connectivity index (χ1v) is 6.22. The number of halogens is 7. The lowest BCUT2D eigenvalue weighted by Crippen LogP contribution is -2.09. The van der Waals surface area contributed by atoms with Gasteiger partial charge in [0.05, 0.1) is 20.8 Å². The first-order valence-electron chi connectivity index (χ1n) is 5.08. The second-order valence-corrected chi connectivity index (χ2v) is 4.93. The van der Waals surface area contributed by atoms with E-state index in [1.54, 1.807) is 0 Å². The lowest BCUT2D eigenvalue weighted by atomic mass is 10.1. The van der Waals surface area contributed by atoms with Crippen LogP contribution < -0.4 is 0 Å². The Kier molecular flexibility index (Phi) is 4.14. The van der Waals surface area contributed by atoms with Crippen molar-refractivity contribution in [3.8, 4) is 11.3 Å². The molecule has 0 fully saturated rings. The third kappa shape index (κ3) is 2.85. The van der Waals surface area contributed by atoms with Crippen LogP contribution in [0.2, 0.25) is 15.1 Å². The molecule has 0 saturated heterocycles. The summed E-state index contributed by atoms with van der Waals surface area (Å²) in [5, 5.41) is 0.187. The van der Waals surface area contributed by atoms with Gasteiger partial charge in [0.25, 0.3) is 0 Å². The van der Waals surface area contributed by atoms with Crippen molar-refractivity contribution in [3.63, 3.8) is 0 Å². The molecule has 0 N–H and O–H groups in total. The average Bonchev–Trinajstić information content (AvgIpc) is 2.34. The maximum atomic E-state index is 13.5. The van der Waals surface area contributed by atoms with Crippen molar-refractivity contribution in [3.05, 3.63) is 50.8 Å². The van der Waals surface area contributed by atoms with E-state index in [0.29, 0.717) is 12.3 Å². The molecule has 20 heavy (non-hydrogen) atoms. The Morgan fingerprint density at radius 1 is 1.00 bits per heavy atom. The van der Waals surface area contributed by atoms with Crippen LogP contribution in [0.1, 0.15) is 5.56 Å². The van der Waals surface area contributed by atoms with Gasteiger partial charge in [-0.3, -0.25) is 4.98 Å². The fourth-order valence-corrected chi connectivity index (χ4v) is 2.14. The predicted octanol–water partition coefficient (Wildman–Crippen LogP) is 5.87. The van der Waals surface area contributed by atoms with Gasteiger partial charge in [-0.1, -0.05) is 34.8 Å². The number of hydrogen-bond donors (Lipinski definition) is 0. The maximum Gasteiger partial charge on any atom is 0.420 e. The van der Waals surface area contributed by atoms with E-state index < -0.39 is 17.6 Å².